The summed E-state index contributed by atoms with van der Waals surface area (Å²) in [7, 11) is -1.59. The monoisotopic (exact) mass is 434 g/mol. The van der Waals surface area contributed by atoms with E-state index in [1.807, 2.05) is 43.6 Å². The minimum Gasteiger partial charge on any atom is -0.338 e. The molecular weight excluding hydrogens is 404 g/mol. The number of benzene rings is 1. The minimum absolute atomic E-state index is 0.0589. The molecule has 0 radical (unpaired) electrons. The third-order valence-corrected chi connectivity index (χ3v) is 8.64. The number of aryl methyl sites for hydroxylation is 1. The average molecular weight is 435 g/mol. The van der Waals surface area contributed by atoms with E-state index in [-0.39, 0.29) is 11.9 Å². The Morgan fingerprint density at radius 2 is 1.76 bits per heavy atom. The molecule has 0 N–H and O–H groups in total. The first-order chi connectivity index (χ1) is 13.9. The molecule has 2 aromatic rings. The van der Waals surface area contributed by atoms with Crippen LogP contribution in [0.3, 0.4) is 0 Å². The number of carbonyl (C=O) groups excluding carboxylic acids is 1. The van der Waals surface area contributed by atoms with Crippen LogP contribution in [0.2, 0.25) is 0 Å². The first-order valence-electron chi connectivity index (χ1n) is 10.3. The van der Waals surface area contributed by atoms with Crippen LogP contribution in [-0.2, 0) is 21.2 Å². The highest BCUT2D eigenvalue weighted by Crippen LogP contribution is 2.24. The lowest BCUT2D eigenvalue weighted by Gasteiger charge is -2.24. The minimum atomic E-state index is -3.42. The van der Waals surface area contributed by atoms with Crippen LogP contribution in [0.5, 0.6) is 0 Å². The molecule has 1 amide bonds. The Morgan fingerprint density at radius 1 is 1.10 bits per heavy atom. The van der Waals surface area contributed by atoms with Gasteiger partial charge in [0.25, 0.3) is 0 Å². The van der Waals surface area contributed by atoms with E-state index in [1.165, 1.54) is 4.88 Å². The van der Waals surface area contributed by atoms with Gasteiger partial charge in [0.15, 0.2) is 0 Å². The van der Waals surface area contributed by atoms with Crippen LogP contribution in [0.15, 0.2) is 46.7 Å². The molecule has 7 heteroatoms. The summed E-state index contributed by atoms with van der Waals surface area (Å²) in [5, 5.41) is 2.02. The molecular formula is C22H30N2O3S2. The Labute approximate surface area is 178 Å². The van der Waals surface area contributed by atoms with E-state index in [0.29, 0.717) is 30.8 Å². The van der Waals surface area contributed by atoms with E-state index >= 15 is 0 Å². The number of amides is 1. The summed E-state index contributed by atoms with van der Waals surface area (Å²) in [6.45, 7) is 3.24. The quantitative estimate of drug-likeness (QED) is 0.646. The summed E-state index contributed by atoms with van der Waals surface area (Å²) in [5.74, 6) is 0.0900. The molecule has 1 aromatic heterocycles. The zero-order chi connectivity index (χ0) is 20.9. The predicted molar refractivity (Wildman–Crippen MR) is 117 cm³/mol. The summed E-state index contributed by atoms with van der Waals surface area (Å²) in [5.41, 5.74) is 0.977. The van der Waals surface area contributed by atoms with Crippen LogP contribution in [0.1, 0.15) is 55.5 Å². The molecule has 1 unspecified atom stereocenters. The molecule has 3 rings (SSSR count). The van der Waals surface area contributed by atoms with Crippen molar-refractivity contribution in [3.05, 3.63) is 52.2 Å². The SMILES string of the molecule is CC(c1cccs1)N(C)C(=O)CCc1ccc(S(=O)(=O)N2CCCCCC2)cc1. The van der Waals surface area contributed by atoms with Crippen LogP contribution in [0, 0.1) is 0 Å². The maximum atomic E-state index is 12.9. The molecule has 1 aromatic carbocycles. The number of sulfonamides is 1. The summed E-state index contributed by atoms with van der Waals surface area (Å²) in [6, 6.07) is 11.1. The standard InChI is InChI=1S/C22H30N2O3S2/c1-18(21-8-7-17-28-21)23(2)22(25)14-11-19-9-12-20(13-10-19)29(26,27)24-15-5-3-4-6-16-24/h7-10,12-13,17-18H,3-6,11,14-16H2,1-2H3. The molecule has 2 heterocycles. The van der Waals surface area contributed by atoms with Gasteiger partial charge in [-0.3, -0.25) is 4.79 Å². The van der Waals surface area contributed by atoms with Gasteiger partial charge in [0.2, 0.25) is 15.9 Å². The van der Waals surface area contributed by atoms with E-state index < -0.39 is 10.0 Å². The molecule has 5 nitrogen and oxygen atoms in total. The first kappa shape index (κ1) is 22.0. The number of thiophene rings is 1. The van der Waals surface area contributed by atoms with Gasteiger partial charge >= 0.3 is 0 Å². The summed E-state index contributed by atoms with van der Waals surface area (Å²) >= 11 is 1.65. The molecule has 0 aliphatic carbocycles. The average Bonchev–Trinajstić information content (AvgIpc) is 3.12. The predicted octanol–water partition coefficient (Wildman–Crippen LogP) is 4.47. The van der Waals surface area contributed by atoms with E-state index in [4.69, 9.17) is 0 Å². The molecule has 0 saturated carbocycles. The van der Waals surface area contributed by atoms with Gasteiger partial charge in [-0.2, -0.15) is 4.31 Å². The third kappa shape index (κ3) is 5.47. The van der Waals surface area contributed by atoms with Crippen molar-refractivity contribution in [2.75, 3.05) is 20.1 Å². The fourth-order valence-corrected chi connectivity index (χ4v) is 5.97. The lowest BCUT2D eigenvalue weighted by Crippen LogP contribution is -2.31. The number of hydrogen-bond donors (Lipinski definition) is 0. The van der Waals surface area contributed by atoms with Gasteiger partial charge in [-0.05, 0) is 55.3 Å². The maximum absolute atomic E-state index is 12.9. The molecule has 158 valence electrons. The molecule has 1 saturated heterocycles. The lowest BCUT2D eigenvalue weighted by molar-refractivity contribution is -0.131. The molecule has 1 atom stereocenters. The maximum Gasteiger partial charge on any atom is 0.243 e. The van der Waals surface area contributed by atoms with Crippen molar-refractivity contribution in [3.8, 4) is 0 Å². The smallest absolute Gasteiger partial charge is 0.243 e. The Hall–Kier alpha value is -1.70. The molecule has 1 fully saturated rings. The summed E-state index contributed by atoms with van der Waals surface area (Å²) in [6.07, 6.45) is 5.06. The molecule has 29 heavy (non-hydrogen) atoms. The summed E-state index contributed by atoms with van der Waals surface area (Å²) < 4.78 is 27.3. The van der Waals surface area contributed by atoms with Crippen molar-refractivity contribution in [3.63, 3.8) is 0 Å². The number of hydrogen-bond acceptors (Lipinski definition) is 4. The zero-order valence-electron chi connectivity index (χ0n) is 17.2. The lowest BCUT2D eigenvalue weighted by atomic mass is 10.1. The summed E-state index contributed by atoms with van der Waals surface area (Å²) in [4.78, 5) is 15.8. The highest BCUT2D eigenvalue weighted by Gasteiger charge is 2.25. The largest absolute Gasteiger partial charge is 0.338 e. The van der Waals surface area contributed by atoms with Crippen molar-refractivity contribution in [1.82, 2.24) is 9.21 Å². The second-order valence-corrected chi connectivity index (χ2v) is 10.6. The van der Waals surface area contributed by atoms with Gasteiger partial charge in [-0.1, -0.05) is 31.0 Å². The van der Waals surface area contributed by atoms with Gasteiger partial charge < -0.3 is 4.90 Å². The van der Waals surface area contributed by atoms with Crippen molar-refractivity contribution in [2.24, 2.45) is 0 Å². The highest BCUT2D eigenvalue weighted by atomic mass is 32.2. The molecule has 1 aliphatic heterocycles. The Kier molecular flexibility index (Phi) is 7.49. The van der Waals surface area contributed by atoms with Crippen molar-refractivity contribution >= 4 is 27.3 Å². The normalized spacial score (nSPS) is 16.9. The number of nitrogens with zero attached hydrogens (tertiary/aromatic N) is 2. The van der Waals surface area contributed by atoms with Crippen molar-refractivity contribution in [1.29, 1.82) is 0 Å². The Bertz CT molecular complexity index is 885. The topological polar surface area (TPSA) is 57.7 Å². The third-order valence-electron chi connectivity index (χ3n) is 5.68. The number of carbonyl (C=O) groups is 1. The van der Waals surface area contributed by atoms with Crippen LogP contribution in [0.25, 0.3) is 0 Å². The van der Waals surface area contributed by atoms with Gasteiger partial charge in [0, 0.05) is 31.4 Å². The van der Waals surface area contributed by atoms with E-state index in [2.05, 4.69) is 0 Å². The first-order valence-corrected chi connectivity index (χ1v) is 12.6. The number of rotatable bonds is 7. The van der Waals surface area contributed by atoms with Crippen molar-refractivity contribution in [2.45, 2.75) is 56.4 Å². The molecule has 0 spiro atoms. The van der Waals surface area contributed by atoms with Crippen molar-refractivity contribution < 1.29 is 13.2 Å². The van der Waals surface area contributed by atoms with Gasteiger partial charge in [-0.15, -0.1) is 11.3 Å². The molecule has 1 aliphatic rings. The fourth-order valence-electron chi connectivity index (χ4n) is 3.62. The van der Waals surface area contributed by atoms with Gasteiger partial charge in [0.1, 0.15) is 0 Å². The second kappa shape index (κ2) is 9.87. The van der Waals surface area contributed by atoms with Gasteiger partial charge in [0.05, 0.1) is 10.9 Å². The zero-order valence-corrected chi connectivity index (χ0v) is 18.8. The Morgan fingerprint density at radius 3 is 2.34 bits per heavy atom. The Balaban J connectivity index is 1.58. The van der Waals surface area contributed by atoms with E-state index in [9.17, 15) is 13.2 Å². The molecule has 0 bridgehead atoms. The van der Waals surface area contributed by atoms with Crippen LogP contribution in [-0.4, -0.2) is 43.7 Å². The van der Waals surface area contributed by atoms with Crippen LogP contribution < -0.4 is 0 Å². The van der Waals surface area contributed by atoms with Crippen LogP contribution in [0.4, 0.5) is 0 Å². The van der Waals surface area contributed by atoms with E-state index in [1.54, 1.807) is 32.7 Å². The highest BCUT2D eigenvalue weighted by molar-refractivity contribution is 7.89. The van der Waals surface area contributed by atoms with E-state index in [0.717, 1.165) is 31.2 Å². The second-order valence-electron chi connectivity index (χ2n) is 7.66. The fraction of sp³-hybridized carbons (Fsp3) is 0.500. The van der Waals surface area contributed by atoms with Crippen LogP contribution >= 0.6 is 11.3 Å². The van der Waals surface area contributed by atoms with Gasteiger partial charge in [-0.25, -0.2) is 8.42 Å².